The van der Waals surface area contributed by atoms with E-state index in [4.69, 9.17) is 4.74 Å². The molecule has 1 amide bonds. The maximum absolute atomic E-state index is 12.8. The highest BCUT2D eigenvalue weighted by atomic mass is 19.3. The van der Waals surface area contributed by atoms with Crippen molar-refractivity contribution >= 4 is 6.09 Å². The SMILES string of the molecule is O=C(OCc1ccccc1)N1CCC(CNC2CC(F)(F)C2)CC1. The maximum atomic E-state index is 12.8. The van der Waals surface area contributed by atoms with Crippen molar-refractivity contribution < 1.29 is 18.3 Å². The Bertz CT molecular complexity index is 537. The van der Waals surface area contributed by atoms with Crippen LogP contribution < -0.4 is 5.32 Å². The van der Waals surface area contributed by atoms with Crippen LogP contribution in [0.25, 0.3) is 0 Å². The Morgan fingerprint density at radius 1 is 1.21 bits per heavy atom. The maximum Gasteiger partial charge on any atom is 0.410 e. The largest absolute Gasteiger partial charge is 0.445 e. The molecule has 1 aliphatic heterocycles. The molecule has 2 fully saturated rings. The zero-order chi connectivity index (χ0) is 17.0. The van der Waals surface area contributed by atoms with Gasteiger partial charge < -0.3 is 15.0 Å². The van der Waals surface area contributed by atoms with E-state index in [1.54, 1.807) is 4.90 Å². The van der Waals surface area contributed by atoms with Crippen molar-refractivity contribution in [2.75, 3.05) is 19.6 Å². The van der Waals surface area contributed by atoms with Crippen molar-refractivity contribution in [1.82, 2.24) is 10.2 Å². The van der Waals surface area contributed by atoms with Crippen LogP contribution in [-0.4, -0.2) is 42.6 Å². The number of carbonyl (C=O) groups is 1. The van der Waals surface area contributed by atoms with E-state index in [0.29, 0.717) is 19.0 Å². The number of hydrogen-bond acceptors (Lipinski definition) is 3. The van der Waals surface area contributed by atoms with Gasteiger partial charge in [0.15, 0.2) is 0 Å². The van der Waals surface area contributed by atoms with Crippen LogP contribution in [0.15, 0.2) is 30.3 Å². The Kier molecular flexibility index (Phi) is 5.33. The summed E-state index contributed by atoms with van der Waals surface area (Å²) in [5.41, 5.74) is 0.974. The topological polar surface area (TPSA) is 41.6 Å². The summed E-state index contributed by atoms with van der Waals surface area (Å²) in [6, 6.07) is 9.56. The molecule has 132 valence electrons. The number of likely N-dealkylation sites (tertiary alicyclic amines) is 1. The lowest BCUT2D eigenvalue weighted by atomic mass is 9.87. The molecule has 1 saturated heterocycles. The second-order valence-electron chi connectivity index (χ2n) is 6.84. The molecule has 1 aromatic rings. The average Bonchev–Trinajstić information content (AvgIpc) is 2.57. The summed E-state index contributed by atoms with van der Waals surface area (Å²) in [6.45, 7) is 2.38. The van der Waals surface area contributed by atoms with Gasteiger partial charge in [-0.2, -0.15) is 0 Å². The monoisotopic (exact) mass is 338 g/mol. The second-order valence-corrected chi connectivity index (χ2v) is 6.84. The first-order valence-corrected chi connectivity index (χ1v) is 8.59. The van der Waals surface area contributed by atoms with Crippen LogP contribution in [0.1, 0.15) is 31.2 Å². The van der Waals surface area contributed by atoms with Crippen LogP contribution in [-0.2, 0) is 11.3 Å². The number of nitrogens with one attached hydrogen (secondary N) is 1. The van der Waals surface area contributed by atoms with Crippen molar-refractivity contribution in [3.8, 4) is 0 Å². The molecule has 1 N–H and O–H groups in total. The minimum absolute atomic E-state index is 0.0440. The number of carbonyl (C=O) groups excluding carboxylic acids is 1. The molecule has 0 radical (unpaired) electrons. The number of benzene rings is 1. The second kappa shape index (κ2) is 7.47. The van der Waals surface area contributed by atoms with Crippen LogP contribution in [0.3, 0.4) is 0 Å². The van der Waals surface area contributed by atoms with Gasteiger partial charge in [0.25, 0.3) is 5.92 Å². The fraction of sp³-hybridized carbons (Fsp3) is 0.611. The van der Waals surface area contributed by atoms with E-state index in [1.165, 1.54) is 0 Å². The number of rotatable bonds is 5. The lowest BCUT2D eigenvalue weighted by molar-refractivity contribution is -0.0934. The molecule has 1 saturated carbocycles. The van der Waals surface area contributed by atoms with Crippen LogP contribution in [0.5, 0.6) is 0 Å². The summed E-state index contributed by atoms with van der Waals surface area (Å²) in [5, 5.41) is 3.22. The standard InChI is InChI=1S/C18H24F2N2O2/c19-18(20)10-16(11-18)21-12-14-6-8-22(9-7-14)17(23)24-13-15-4-2-1-3-5-15/h1-5,14,16,21H,6-13H2. The molecule has 1 heterocycles. The van der Waals surface area contributed by atoms with Crippen molar-refractivity contribution in [3.63, 3.8) is 0 Å². The molecule has 2 aliphatic rings. The van der Waals surface area contributed by atoms with Crippen LogP contribution in [0.4, 0.5) is 13.6 Å². The summed E-state index contributed by atoms with van der Waals surface area (Å²) >= 11 is 0. The number of piperidine rings is 1. The van der Waals surface area contributed by atoms with Gasteiger partial charge in [0.05, 0.1) is 0 Å². The molecule has 6 heteroatoms. The quantitative estimate of drug-likeness (QED) is 0.894. The predicted molar refractivity (Wildman–Crippen MR) is 86.9 cm³/mol. The molecule has 0 aromatic heterocycles. The molecule has 24 heavy (non-hydrogen) atoms. The zero-order valence-electron chi connectivity index (χ0n) is 13.7. The number of nitrogens with zero attached hydrogens (tertiary/aromatic N) is 1. The third-order valence-electron chi connectivity index (χ3n) is 4.86. The minimum Gasteiger partial charge on any atom is -0.445 e. The Balaban J connectivity index is 1.32. The lowest BCUT2D eigenvalue weighted by Crippen LogP contribution is -2.50. The molecule has 1 aromatic carbocycles. The number of hydrogen-bond donors (Lipinski definition) is 1. The highest BCUT2D eigenvalue weighted by molar-refractivity contribution is 5.67. The molecule has 3 rings (SSSR count). The fourth-order valence-corrected chi connectivity index (χ4v) is 3.27. The molecular formula is C18H24F2N2O2. The van der Waals surface area contributed by atoms with Gasteiger partial charge in [-0.3, -0.25) is 0 Å². The van der Waals surface area contributed by atoms with Crippen molar-refractivity contribution in [2.45, 2.75) is 44.3 Å². The smallest absolute Gasteiger partial charge is 0.410 e. The summed E-state index contributed by atoms with van der Waals surface area (Å²) in [6.07, 6.45) is 1.41. The lowest BCUT2D eigenvalue weighted by Gasteiger charge is -2.37. The Hall–Kier alpha value is -1.69. The highest BCUT2D eigenvalue weighted by Gasteiger charge is 2.45. The van der Waals surface area contributed by atoms with Gasteiger partial charge >= 0.3 is 6.09 Å². The number of alkyl halides is 2. The molecular weight excluding hydrogens is 314 g/mol. The van der Waals surface area contributed by atoms with Crippen molar-refractivity contribution in [2.24, 2.45) is 5.92 Å². The van der Waals surface area contributed by atoms with E-state index in [9.17, 15) is 13.6 Å². The third-order valence-corrected chi connectivity index (χ3v) is 4.86. The van der Waals surface area contributed by atoms with E-state index >= 15 is 0 Å². The molecule has 0 unspecified atom stereocenters. The zero-order valence-corrected chi connectivity index (χ0v) is 13.7. The van der Waals surface area contributed by atoms with Crippen LogP contribution in [0, 0.1) is 5.92 Å². The predicted octanol–water partition coefficient (Wildman–Crippen LogP) is 3.42. The minimum atomic E-state index is -2.47. The van der Waals surface area contributed by atoms with Crippen molar-refractivity contribution in [1.29, 1.82) is 0 Å². The van der Waals surface area contributed by atoms with Crippen molar-refractivity contribution in [3.05, 3.63) is 35.9 Å². The third kappa shape index (κ3) is 4.66. The number of ether oxygens (including phenoxy) is 1. The van der Waals surface area contributed by atoms with Crippen LogP contribution >= 0.6 is 0 Å². The van der Waals surface area contributed by atoms with E-state index in [0.717, 1.165) is 24.9 Å². The summed E-state index contributed by atoms with van der Waals surface area (Å²) in [5.74, 6) is -2.03. The highest BCUT2D eigenvalue weighted by Crippen LogP contribution is 2.37. The van der Waals surface area contributed by atoms with E-state index < -0.39 is 5.92 Å². The summed E-state index contributed by atoms with van der Waals surface area (Å²) in [4.78, 5) is 13.8. The number of halogens is 2. The first-order valence-electron chi connectivity index (χ1n) is 8.59. The van der Waals surface area contributed by atoms with E-state index in [-0.39, 0.29) is 31.6 Å². The molecule has 0 atom stereocenters. The normalized spacial score (nSPS) is 21.3. The van der Waals surface area contributed by atoms with Gasteiger partial charge in [0.2, 0.25) is 0 Å². The average molecular weight is 338 g/mol. The van der Waals surface area contributed by atoms with Gasteiger partial charge in [-0.15, -0.1) is 0 Å². The molecule has 1 aliphatic carbocycles. The van der Waals surface area contributed by atoms with E-state index in [2.05, 4.69) is 5.32 Å². The van der Waals surface area contributed by atoms with Crippen LogP contribution in [0.2, 0.25) is 0 Å². The van der Waals surface area contributed by atoms with Gasteiger partial charge in [-0.05, 0) is 30.9 Å². The molecule has 4 nitrogen and oxygen atoms in total. The first-order chi connectivity index (χ1) is 11.5. The van der Waals surface area contributed by atoms with Gasteiger partial charge in [0, 0.05) is 32.0 Å². The Morgan fingerprint density at radius 2 is 1.88 bits per heavy atom. The molecule has 0 bridgehead atoms. The first kappa shape index (κ1) is 17.1. The van der Waals surface area contributed by atoms with E-state index in [1.807, 2.05) is 30.3 Å². The summed E-state index contributed by atoms with van der Waals surface area (Å²) in [7, 11) is 0. The summed E-state index contributed by atoms with van der Waals surface area (Å²) < 4.78 is 30.9. The number of amides is 1. The fourth-order valence-electron chi connectivity index (χ4n) is 3.27. The molecule has 0 spiro atoms. The van der Waals surface area contributed by atoms with Gasteiger partial charge in [-0.1, -0.05) is 30.3 Å². The van der Waals surface area contributed by atoms with Gasteiger partial charge in [0.1, 0.15) is 6.61 Å². The Labute approximate surface area is 141 Å². The van der Waals surface area contributed by atoms with Gasteiger partial charge in [-0.25, -0.2) is 13.6 Å². The Morgan fingerprint density at radius 3 is 2.50 bits per heavy atom.